The molecule has 27 heavy (non-hydrogen) atoms. The topological polar surface area (TPSA) is 55.6 Å². The van der Waals surface area contributed by atoms with E-state index in [-0.39, 0.29) is 11.4 Å². The Morgan fingerprint density at radius 3 is 2.52 bits per heavy atom. The van der Waals surface area contributed by atoms with Gasteiger partial charge in [0.25, 0.3) is 0 Å². The number of hydrogen-bond acceptors (Lipinski definition) is 4. The Morgan fingerprint density at radius 2 is 1.89 bits per heavy atom. The summed E-state index contributed by atoms with van der Waals surface area (Å²) in [7, 11) is 0.499. The highest BCUT2D eigenvalue weighted by Gasteiger charge is 2.36. The smallest absolute Gasteiger partial charge is 0.123 e. The van der Waals surface area contributed by atoms with Crippen molar-refractivity contribution in [1.82, 2.24) is 4.90 Å². The summed E-state index contributed by atoms with van der Waals surface area (Å²) < 4.78 is 31.6. The minimum Gasteiger partial charge on any atom is -0.399 e. The van der Waals surface area contributed by atoms with Crippen molar-refractivity contribution in [3.63, 3.8) is 0 Å². The van der Waals surface area contributed by atoms with Crippen LogP contribution >= 0.6 is 0 Å². The van der Waals surface area contributed by atoms with Crippen LogP contribution in [0.5, 0.6) is 0 Å². The van der Waals surface area contributed by atoms with Gasteiger partial charge >= 0.3 is 0 Å². The van der Waals surface area contributed by atoms with Gasteiger partial charge in [0.2, 0.25) is 0 Å². The zero-order chi connectivity index (χ0) is 19.3. The molecule has 2 aromatic rings. The maximum Gasteiger partial charge on any atom is 0.123 e. The fourth-order valence-electron chi connectivity index (χ4n) is 3.54. The number of nitrogen functional groups attached to an aromatic ring is 1. The number of ether oxygens (including phenoxy) is 1. The summed E-state index contributed by atoms with van der Waals surface area (Å²) in [4.78, 5) is 3.07. The maximum atomic E-state index is 13.1. The molecule has 1 unspecified atom stereocenters. The zero-order valence-corrected chi connectivity index (χ0v) is 16.5. The Morgan fingerprint density at radius 1 is 1.19 bits per heavy atom. The third kappa shape index (κ3) is 5.37. The molecule has 1 aliphatic rings. The minimum atomic E-state index is -1.20. The summed E-state index contributed by atoms with van der Waals surface area (Å²) in [6.07, 6.45) is 2.65. The van der Waals surface area contributed by atoms with Gasteiger partial charge < -0.3 is 15.4 Å². The molecule has 0 spiro atoms. The summed E-state index contributed by atoms with van der Waals surface area (Å²) in [5.41, 5.74) is 7.51. The number of piperidine rings is 1. The number of rotatable bonds is 7. The van der Waals surface area contributed by atoms with E-state index in [0.717, 1.165) is 44.6 Å². The van der Waals surface area contributed by atoms with Crippen molar-refractivity contribution in [2.45, 2.75) is 29.8 Å². The van der Waals surface area contributed by atoms with Crippen LogP contribution in [0.1, 0.15) is 18.4 Å². The molecule has 2 N–H and O–H groups in total. The second-order valence-electron chi connectivity index (χ2n) is 7.17. The Labute approximate surface area is 163 Å². The summed E-state index contributed by atoms with van der Waals surface area (Å²) in [5, 5.41) is 0. The van der Waals surface area contributed by atoms with E-state index in [2.05, 4.69) is 11.0 Å². The van der Waals surface area contributed by atoms with Crippen molar-refractivity contribution < 1.29 is 13.3 Å². The molecule has 1 aliphatic heterocycles. The van der Waals surface area contributed by atoms with E-state index >= 15 is 0 Å². The Bertz CT molecular complexity index is 774. The minimum absolute atomic E-state index is 0.314. The van der Waals surface area contributed by atoms with Crippen LogP contribution in [0.3, 0.4) is 0 Å². The van der Waals surface area contributed by atoms with Crippen LogP contribution in [-0.4, -0.2) is 47.2 Å². The molecule has 146 valence electrons. The molecule has 1 heterocycles. The molecule has 0 saturated carbocycles. The zero-order valence-electron chi connectivity index (χ0n) is 15.7. The molecule has 0 amide bonds. The van der Waals surface area contributed by atoms with Gasteiger partial charge in [-0.3, -0.25) is 4.21 Å². The van der Waals surface area contributed by atoms with E-state index in [1.807, 2.05) is 18.2 Å². The lowest BCUT2D eigenvalue weighted by Crippen LogP contribution is -2.49. The van der Waals surface area contributed by atoms with Crippen LogP contribution in [-0.2, 0) is 22.0 Å². The van der Waals surface area contributed by atoms with E-state index in [4.69, 9.17) is 10.5 Å². The van der Waals surface area contributed by atoms with E-state index in [0.29, 0.717) is 10.6 Å². The third-order valence-corrected chi connectivity index (χ3v) is 6.92. The molecular formula is C21H27FN2O2S. The van der Waals surface area contributed by atoms with Crippen LogP contribution in [0.4, 0.5) is 10.1 Å². The highest BCUT2D eigenvalue weighted by Crippen LogP contribution is 2.28. The van der Waals surface area contributed by atoms with Gasteiger partial charge in [-0.05, 0) is 61.2 Å². The van der Waals surface area contributed by atoms with Gasteiger partial charge in [-0.1, -0.05) is 12.1 Å². The number of nitrogens with two attached hydrogens (primary N) is 1. The lowest BCUT2D eigenvalue weighted by molar-refractivity contribution is -0.0391. The number of halogens is 1. The van der Waals surface area contributed by atoms with E-state index < -0.39 is 10.8 Å². The lowest BCUT2D eigenvalue weighted by Gasteiger charge is -2.40. The summed E-state index contributed by atoms with van der Waals surface area (Å²) in [6, 6.07) is 13.9. The number of likely N-dealkylation sites (tertiary alicyclic amines) is 1. The average Bonchev–Trinajstić information content (AvgIpc) is 2.68. The monoisotopic (exact) mass is 390 g/mol. The normalized spacial score (nSPS) is 18.3. The van der Waals surface area contributed by atoms with Gasteiger partial charge in [0.05, 0.1) is 22.2 Å². The maximum absolute atomic E-state index is 13.1. The molecule has 2 aromatic carbocycles. The molecule has 0 aromatic heterocycles. The SMILES string of the molecule is COC1(CS(=O)c2ccc(F)cc2)CCN(CCc2cccc(N)c2)CC1. The van der Waals surface area contributed by atoms with Crippen molar-refractivity contribution >= 4 is 16.5 Å². The lowest BCUT2D eigenvalue weighted by atomic mass is 9.93. The third-order valence-electron chi connectivity index (χ3n) is 5.34. The molecule has 0 radical (unpaired) electrons. The first-order chi connectivity index (χ1) is 13.0. The Kier molecular flexibility index (Phi) is 6.63. The molecular weight excluding hydrogens is 363 g/mol. The number of benzene rings is 2. The van der Waals surface area contributed by atoms with Crippen molar-refractivity contribution in [3.05, 3.63) is 59.9 Å². The van der Waals surface area contributed by atoms with Gasteiger partial charge in [0.1, 0.15) is 5.82 Å². The molecule has 1 saturated heterocycles. The van der Waals surface area contributed by atoms with Crippen molar-refractivity contribution in [1.29, 1.82) is 0 Å². The molecule has 1 atom stereocenters. The number of hydrogen-bond donors (Lipinski definition) is 1. The first kappa shape index (κ1) is 20.0. The van der Waals surface area contributed by atoms with Gasteiger partial charge in [0.15, 0.2) is 0 Å². The largest absolute Gasteiger partial charge is 0.399 e. The second-order valence-corrected chi connectivity index (χ2v) is 8.62. The number of methoxy groups -OCH3 is 1. The first-order valence-electron chi connectivity index (χ1n) is 9.26. The summed E-state index contributed by atoms with van der Waals surface area (Å²) in [5.74, 6) is 0.128. The van der Waals surface area contributed by atoms with Gasteiger partial charge in [0, 0.05) is 37.3 Å². The summed E-state index contributed by atoms with van der Waals surface area (Å²) >= 11 is 0. The van der Waals surface area contributed by atoms with E-state index in [9.17, 15) is 8.60 Å². The van der Waals surface area contributed by atoms with E-state index in [1.54, 1.807) is 19.2 Å². The fourth-order valence-corrected chi connectivity index (χ4v) is 5.03. The molecule has 1 fully saturated rings. The van der Waals surface area contributed by atoms with Crippen molar-refractivity contribution in [2.75, 3.05) is 38.2 Å². The highest BCUT2D eigenvalue weighted by molar-refractivity contribution is 7.85. The molecule has 0 aliphatic carbocycles. The Balaban J connectivity index is 1.53. The number of anilines is 1. The van der Waals surface area contributed by atoms with Gasteiger partial charge in [-0.25, -0.2) is 4.39 Å². The van der Waals surface area contributed by atoms with Crippen LogP contribution in [0.25, 0.3) is 0 Å². The standard InChI is InChI=1S/C21H27FN2O2S/c1-26-21(16-27(25)20-7-5-18(22)6-8-20)10-13-24(14-11-21)12-9-17-3-2-4-19(23)15-17/h2-8,15H,9-14,16,23H2,1H3. The first-order valence-corrected chi connectivity index (χ1v) is 10.6. The highest BCUT2D eigenvalue weighted by atomic mass is 32.2. The molecule has 3 rings (SSSR count). The molecule has 6 heteroatoms. The van der Waals surface area contributed by atoms with Gasteiger partial charge in [-0.15, -0.1) is 0 Å². The second kappa shape index (κ2) is 8.95. The summed E-state index contributed by atoms with van der Waals surface area (Å²) in [6.45, 7) is 2.80. The van der Waals surface area contributed by atoms with Crippen molar-refractivity contribution in [3.8, 4) is 0 Å². The average molecular weight is 391 g/mol. The number of nitrogens with zero attached hydrogens (tertiary/aromatic N) is 1. The van der Waals surface area contributed by atoms with E-state index in [1.165, 1.54) is 17.7 Å². The van der Waals surface area contributed by atoms with Crippen molar-refractivity contribution in [2.24, 2.45) is 0 Å². The van der Waals surface area contributed by atoms with Crippen LogP contribution in [0, 0.1) is 5.82 Å². The molecule has 0 bridgehead atoms. The Hall–Kier alpha value is -1.76. The van der Waals surface area contributed by atoms with Gasteiger partial charge in [-0.2, -0.15) is 0 Å². The predicted octanol–water partition coefficient (Wildman–Crippen LogP) is 3.24. The van der Waals surface area contributed by atoms with Crippen LogP contribution in [0.15, 0.2) is 53.4 Å². The predicted molar refractivity (Wildman–Crippen MR) is 108 cm³/mol. The quantitative estimate of drug-likeness (QED) is 0.738. The molecule has 4 nitrogen and oxygen atoms in total. The van der Waals surface area contributed by atoms with Crippen LogP contribution < -0.4 is 5.73 Å². The van der Waals surface area contributed by atoms with Crippen LogP contribution in [0.2, 0.25) is 0 Å². The fraction of sp³-hybridized carbons (Fsp3) is 0.429.